The molecular weight excluding hydrogens is 457 g/mol. The minimum atomic E-state index is -4.08. The highest BCUT2D eigenvalue weighted by Gasteiger charge is 2.20. The first-order valence-corrected chi connectivity index (χ1v) is 12.1. The summed E-state index contributed by atoms with van der Waals surface area (Å²) < 4.78 is 66.4. The van der Waals surface area contributed by atoms with Crippen LogP contribution >= 0.6 is 0 Å². The second-order valence-electron chi connectivity index (χ2n) is 6.87. The standard InChI is InChI=1S/C21H20FN3O5S2/c1-25(2)32(29,30)18-7-5-6-16(14-18)23-21(26)19-8-3-4-9-20(19)24-31(27,28)17-12-10-15(22)11-13-17/h3-14,24H,1-2H3,(H,23,26). The van der Waals surface area contributed by atoms with Crippen molar-refractivity contribution >= 4 is 37.3 Å². The molecule has 0 bridgehead atoms. The van der Waals surface area contributed by atoms with E-state index in [-0.39, 0.29) is 26.7 Å². The molecule has 0 fully saturated rings. The Bertz CT molecular complexity index is 1360. The van der Waals surface area contributed by atoms with E-state index in [1.54, 1.807) is 12.1 Å². The van der Waals surface area contributed by atoms with Crippen molar-refractivity contribution in [1.82, 2.24) is 4.31 Å². The predicted molar refractivity (Wildman–Crippen MR) is 119 cm³/mol. The minimum Gasteiger partial charge on any atom is -0.322 e. The molecule has 8 nitrogen and oxygen atoms in total. The second-order valence-corrected chi connectivity index (χ2v) is 10.7. The summed E-state index contributed by atoms with van der Waals surface area (Å²) in [4.78, 5) is 12.7. The van der Waals surface area contributed by atoms with Crippen molar-refractivity contribution in [3.05, 3.63) is 84.2 Å². The van der Waals surface area contributed by atoms with Crippen molar-refractivity contribution in [2.24, 2.45) is 0 Å². The number of benzene rings is 3. The van der Waals surface area contributed by atoms with E-state index in [4.69, 9.17) is 0 Å². The normalized spacial score (nSPS) is 11.9. The summed E-state index contributed by atoms with van der Waals surface area (Å²) in [5.74, 6) is -1.23. The Labute approximate surface area is 185 Å². The number of hydrogen-bond donors (Lipinski definition) is 2. The average Bonchev–Trinajstić information content (AvgIpc) is 2.74. The molecule has 11 heteroatoms. The van der Waals surface area contributed by atoms with Gasteiger partial charge in [-0.2, -0.15) is 0 Å². The van der Waals surface area contributed by atoms with E-state index in [0.29, 0.717) is 0 Å². The Balaban J connectivity index is 1.88. The summed E-state index contributed by atoms with van der Waals surface area (Å²) in [6.45, 7) is 0. The van der Waals surface area contributed by atoms with Crippen LogP contribution in [0.25, 0.3) is 0 Å². The monoisotopic (exact) mass is 477 g/mol. The highest BCUT2D eigenvalue weighted by molar-refractivity contribution is 7.92. The molecule has 0 aliphatic rings. The van der Waals surface area contributed by atoms with Gasteiger partial charge < -0.3 is 5.32 Å². The van der Waals surface area contributed by atoms with Gasteiger partial charge in [-0.3, -0.25) is 9.52 Å². The van der Waals surface area contributed by atoms with Crippen LogP contribution < -0.4 is 10.0 Å². The van der Waals surface area contributed by atoms with Crippen molar-refractivity contribution in [2.45, 2.75) is 9.79 Å². The zero-order valence-corrected chi connectivity index (χ0v) is 18.7. The number of sulfonamides is 2. The van der Waals surface area contributed by atoms with Gasteiger partial charge in [0.15, 0.2) is 0 Å². The molecule has 2 N–H and O–H groups in total. The molecule has 168 valence electrons. The summed E-state index contributed by atoms with van der Waals surface area (Å²) in [5.41, 5.74) is 0.236. The molecule has 0 heterocycles. The first-order valence-electron chi connectivity index (χ1n) is 9.22. The van der Waals surface area contributed by atoms with E-state index in [0.717, 1.165) is 28.6 Å². The Morgan fingerprint density at radius 2 is 1.50 bits per heavy atom. The van der Waals surface area contributed by atoms with Crippen LogP contribution in [0.15, 0.2) is 82.6 Å². The SMILES string of the molecule is CN(C)S(=O)(=O)c1cccc(NC(=O)c2ccccc2NS(=O)(=O)c2ccc(F)cc2)c1. The molecule has 0 aromatic heterocycles. The molecule has 0 atom stereocenters. The van der Waals surface area contributed by atoms with E-state index in [9.17, 15) is 26.0 Å². The quantitative estimate of drug-likeness (QED) is 0.543. The average molecular weight is 478 g/mol. The Morgan fingerprint density at radius 3 is 2.16 bits per heavy atom. The van der Waals surface area contributed by atoms with Crippen molar-refractivity contribution in [2.75, 3.05) is 24.1 Å². The summed E-state index contributed by atoms with van der Waals surface area (Å²) >= 11 is 0. The van der Waals surface area contributed by atoms with E-state index in [2.05, 4.69) is 10.0 Å². The molecule has 0 spiro atoms. The molecular formula is C21H20FN3O5S2. The highest BCUT2D eigenvalue weighted by atomic mass is 32.2. The van der Waals surface area contributed by atoms with E-state index in [1.807, 2.05) is 0 Å². The van der Waals surface area contributed by atoms with Gasteiger partial charge in [0.05, 0.1) is 21.0 Å². The largest absolute Gasteiger partial charge is 0.322 e. The maximum absolute atomic E-state index is 13.1. The van der Waals surface area contributed by atoms with Crippen molar-refractivity contribution in [1.29, 1.82) is 0 Å². The van der Waals surface area contributed by atoms with Crippen molar-refractivity contribution in [3.8, 4) is 0 Å². The summed E-state index contributed by atoms with van der Waals surface area (Å²) in [6.07, 6.45) is 0. The fourth-order valence-corrected chi connectivity index (χ4v) is 4.76. The number of carbonyl (C=O) groups excluding carboxylic acids is 1. The van der Waals surface area contributed by atoms with Gasteiger partial charge in [0, 0.05) is 19.8 Å². The first kappa shape index (κ1) is 23.4. The van der Waals surface area contributed by atoms with Gasteiger partial charge in [-0.15, -0.1) is 0 Å². The zero-order valence-electron chi connectivity index (χ0n) is 17.1. The number of amides is 1. The lowest BCUT2D eigenvalue weighted by Crippen LogP contribution is -2.22. The summed E-state index contributed by atoms with van der Waals surface area (Å²) in [5, 5.41) is 2.58. The van der Waals surface area contributed by atoms with Crippen LogP contribution in [0.4, 0.5) is 15.8 Å². The van der Waals surface area contributed by atoms with Crippen LogP contribution in [0.3, 0.4) is 0 Å². The molecule has 0 aliphatic carbocycles. The molecule has 0 aliphatic heterocycles. The molecule has 3 aromatic carbocycles. The maximum Gasteiger partial charge on any atom is 0.261 e. The van der Waals surface area contributed by atoms with Crippen LogP contribution in [0, 0.1) is 5.82 Å². The van der Waals surface area contributed by atoms with Crippen LogP contribution in [-0.4, -0.2) is 41.1 Å². The van der Waals surface area contributed by atoms with Gasteiger partial charge in [0.1, 0.15) is 5.82 Å². The fraction of sp³-hybridized carbons (Fsp3) is 0.0952. The second kappa shape index (κ2) is 9.07. The van der Waals surface area contributed by atoms with Gasteiger partial charge in [-0.05, 0) is 54.6 Å². The third kappa shape index (κ3) is 5.13. The smallest absolute Gasteiger partial charge is 0.261 e. The molecule has 0 radical (unpaired) electrons. The lowest BCUT2D eigenvalue weighted by Gasteiger charge is -2.14. The number of nitrogens with zero attached hydrogens (tertiary/aromatic N) is 1. The minimum absolute atomic E-state index is 0.00592. The molecule has 0 saturated heterocycles. The van der Waals surface area contributed by atoms with E-state index < -0.39 is 31.8 Å². The lowest BCUT2D eigenvalue weighted by molar-refractivity contribution is 0.102. The predicted octanol–water partition coefficient (Wildman–Crippen LogP) is 3.13. The van der Waals surface area contributed by atoms with Crippen molar-refractivity contribution < 1.29 is 26.0 Å². The maximum atomic E-state index is 13.1. The number of para-hydroxylation sites is 1. The van der Waals surface area contributed by atoms with Crippen molar-refractivity contribution in [3.63, 3.8) is 0 Å². The zero-order chi connectivity index (χ0) is 23.5. The Hall–Kier alpha value is -3.28. The van der Waals surface area contributed by atoms with E-state index in [1.165, 1.54) is 50.5 Å². The van der Waals surface area contributed by atoms with Crippen LogP contribution in [0.2, 0.25) is 0 Å². The summed E-state index contributed by atoms with van der Waals surface area (Å²) in [7, 11) is -4.99. The number of carbonyl (C=O) groups is 1. The van der Waals surface area contributed by atoms with Gasteiger partial charge in [0.2, 0.25) is 10.0 Å². The number of rotatable bonds is 7. The molecule has 1 amide bonds. The van der Waals surface area contributed by atoms with Crippen LogP contribution in [0.5, 0.6) is 0 Å². The van der Waals surface area contributed by atoms with Crippen LogP contribution in [0.1, 0.15) is 10.4 Å². The van der Waals surface area contributed by atoms with E-state index >= 15 is 0 Å². The van der Waals surface area contributed by atoms with Gasteiger partial charge in [0.25, 0.3) is 15.9 Å². The number of halogens is 1. The number of anilines is 2. The topological polar surface area (TPSA) is 113 Å². The Kier molecular flexibility index (Phi) is 6.63. The lowest BCUT2D eigenvalue weighted by atomic mass is 10.1. The van der Waals surface area contributed by atoms with Crippen LogP contribution in [-0.2, 0) is 20.0 Å². The number of hydrogen-bond acceptors (Lipinski definition) is 5. The summed E-state index contributed by atoms with van der Waals surface area (Å²) in [6, 6.07) is 15.9. The van der Waals surface area contributed by atoms with Gasteiger partial charge in [-0.25, -0.2) is 25.5 Å². The third-order valence-electron chi connectivity index (χ3n) is 4.41. The first-order chi connectivity index (χ1) is 15.0. The highest BCUT2D eigenvalue weighted by Crippen LogP contribution is 2.23. The molecule has 0 unspecified atom stereocenters. The molecule has 3 aromatic rings. The molecule has 3 rings (SSSR count). The van der Waals surface area contributed by atoms with Gasteiger partial charge >= 0.3 is 0 Å². The molecule has 32 heavy (non-hydrogen) atoms. The van der Waals surface area contributed by atoms with Gasteiger partial charge in [-0.1, -0.05) is 18.2 Å². The molecule has 0 saturated carbocycles. The third-order valence-corrected chi connectivity index (χ3v) is 7.60. The fourth-order valence-electron chi connectivity index (χ4n) is 2.73. The number of nitrogens with one attached hydrogen (secondary N) is 2. The Morgan fingerprint density at radius 1 is 0.844 bits per heavy atom.